The Morgan fingerprint density at radius 2 is 2.11 bits per heavy atom. The Balaban J connectivity index is 0.00000162. The molecule has 0 saturated heterocycles. The van der Waals surface area contributed by atoms with Crippen LogP contribution in [0.15, 0.2) is 23.6 Å². The van der Waals surface area contributed by atoms with E-state index in [2.05, 4.69) is 10.3 Å². The van der Waals surface area contributed by atoms with Crippen molar-refractivity contribution in [2.45, 2.75) is 19.9 Å². The van der Waals surface area contributed by atoms with E-state index in [0.717, 1.165) is 5.13 Å². The van der Waals surface area contributed by atoms with Crippen LogP contribution in [0, 0.1) is 5.82 Å². The summed E-state index contributed by atoms with van der Waals surface area (Å²) in [7, 11) is 0. The summed E-state index contributed by atoms with van der Waals surface area (Å²) in [5.74, 6) is -0.348. The van der Waals surface area contributed by atoms with Crippen LogP contribution in [0.4, 0.5) is 9.52 Å². The van der Waals surface area contributed by atoms with E-state index in [1.165, 1.54) is 17.4 Å². The third kappa shape index (κ3) is 3.43. The van der Waals surface area contributed by atoms with Gasteiger partial charge in [0, 0.05) is 11.4 Å². The summed E-state index contributed by atoms with van der Waals surface area (Å²) in [5.41, 5.74) is 0.934. The maximum atomic E-state index is 13.7. The summed E-state index contributed by atoms with van der Waals surface area (Å²) in [6.45, 7) is 4.05. The van der Waals surface area contributed by atoms with Gasteiger partial charge >= 0.3 is 0 Å². The molecule has 0 amide bonds. The number of aromatic nitrogens is 1. The monoisotopic (exact) mass is 350 g/mol. The molecule has 0 fully saturated rings. The Bertz CT molecular complexity index is 510. The molecular formula is C12H13BrClFN2S. The lowest BCUT2D eigenvalue weighted by molar-refractivity contribution is 0.631. The summed E-state index contributed by atoms with van der Waals surface area (Å²) in [6, 6.07) is 4.93. The molecule has 2 aromatic rings. The van der Waals surface area contributed by atoms with Crippen molar-refractivity contribution in [2.24, 2.45) is 0 Å². The molecule has 0 bridgehead atoms. The van der Waals surface area contributed by atoms with E-state index < -0.39 is 0 Å². The van der Waals surface area contributed by atoms with Gasteiger partial charge in [-0.25, -0.2) is 9.37 Å². The molecule has 0 saturated carbocycles. The molecule has 0 spiro atoms. The second kappa shape index (κ2) is 6.50. The molecule has 1 aromatic heterocycles. The Morgan fingerprint density at radius 1 is 1.39 bits per heavy atom. The second-order valence-corrected chi connectivity index (χ2v) is 5.20. The molecule has 0 aliphatic carbocycles. The van der Waals surface area contributed by atoms with Gasteiger partial charge in [0.25, 0.3) is 0 Å². The van der Waals surface area contributed by atoms with Gasteiger partial charge in [0.05, 0.1) is 16.3 Å². The number of hydrogen-bond acceptors (Lipinski definition) is 3. The van der Waals surface area contributed by atoms with Gasteiger partial charge in [-0.1, -0.05) is 17.7 Å². The maximum absolute atomic E-state index is 13.7. The fourth-order valence-electron chi connectivity index (χ4n) is 1.44. The topological polar surface area (TPSA) is 24.9 Å². The predicted molar refractivity (Wildman–Crippen MR) is 81.6 cm³/mol. The lowest BCUT2D eigenvalue weighted by Crippen LogP contribution is -2.09. The SMILES string of the molecule is Br.CC(C)Nc1nc(-c2c(F)cccc2Cl)cs1. The quantitative estimate of drug-likeness (QED) is 0.841. The van der Waals surface area contributed by atoms with Crippen molar-refractivity contribution in [3.8, 4) is 11.3 Å². The molecule has 0 radical (unpaired) electrons. The summed E-state index contributed by atoms with van der Waals surface area (Å²) >= 11 is 7.43. The normalized spacial score (nSPS) is 10.3. The molecule has 0 atom stereocenters. The molecule has 2 nitrogen and oxygen atoms in total. The second-order valence-electron chi connectivity index (χ2n) is 3.93. The fraction of sp³-hybridized carbons (Fsp3) is 0.250. The van der Waals surface area contributed by atoms with Gasteiger partial charge < -0.3 is 5.32 Å². The number of hydrogen-bond donors (Lipinski definition) is 1. The largest absolute Gasteiger partial charge is 0.359 e. The zero-order valence-electron chi connectivity index (χ0n) is 9.91. The molecule has 0 aliphatic heterocycles. The van der Waals surface area contributed by atoms with Crippen molar-refractivity contribution in [2.75, 3.05) is 5.32 Å². The molecule has 0 aliphatic rings. The highest BCUT2D eigenvalue weighted by Crippen LogP contribution is 2.32. The number of halogens is 3. The third-order valence-corrected chi connectivity index (χ3v) is 3.22. The van der Waals surface area contributed by atoms with Crippen molar-refractivity contribution >= 4 is 45.1 Å². The van der Waals surface area contributed by atoms with Crippen LogP contribution in [0.2, 0.25) is 5.02 Å². The van der Waals surface area contributed by atoms with Crippen molar-refractivity contribution in [1.82, 2.24) is 4.98 Å². The zero-order chi connectivity index (χ0) is 12.4. The fourth-order valence-corrected chi connectivity index (χ4v) is 2.55. The summed E-state index contributed by atoms with van der Waals surface area (Å²) in [4.78, 5) is 4.33. The zero-order valence-corrected chi connectivity index (χ0v) is 13.2. The van der Waals surface area contributed by atoms with E-state index in [1.54, 1.807) is 17.5 Å². The summed E-state index contributed by atoms with van der Waals surface area (Å²) in [5, 5.41) is 6.13. The highest BCUT2D eigenvalue weighted by molar-refractivity contribution is 8.93. The number of thiazole rings is 1. The molecule has 2 rings (SSSR count). The van der Waals surface area contributed by atoms with E-state index in [-0.39, 0.29) is 22.8 Å². The van der Waals surface area contributed by atoms with Crippen LogP contribution in [0.25, 0.3) is 11.3 Å². The van der Waals surface area contributed by atoms with Gasteiger partial charge in [0.2, 0.25) is 0 Å². The smallest absolute Gasteiger partial charge is 0.183 e. The standard InChI is InChI=1S/C12H12ClFN2S.BrH/c1-7(2)15-12-16-10(6-17-12)11-8(13)4-3-5-9(11)14;/h3-7H,1-2H3,(H,15,16);1H. The van der Waals surface area contributed by atoms with E-state index in [1.807, 2.05) is 13.8 Å². The highest BCUT2D eigenvalue weighted by atomic mass is 79.9. The predicted octanol–water partition coefficient (Wildman–Crippen LogP) is 5.00. The van der Waals surface area contributed by atoms with Crippen LogP contribution >= 0.6 is 39.9 Å². The van der Waals surface area contributed by atoms with Crippen LogP contribution in [0.3, 0.4) is 0 Å². The molecule has 0 unspecified atom stereocenters. The average Bonchev–Trinajstić information content (AvgIpc) is 2.65. The minimum absolute atomic E-state index is 0. The van der Waals surface area contributed by atoms with Gasteiger partial charge in [-0.2, -0.15) is 0 Å². The Kier molecular flexibility index (Phi) is 5.56. The number of rotatable bonds is 3. The molecular weight excluding hydrogens is 339 g/mol. The first kappa shape index (κ1) is 15.4. The molecule has 1 N–H and O–H groups in total. The minimum Gasteiger partial charge on any atom is -0.359 e. The van der Waals surface area contributed by atoms with Gasteiger partial charge in [0.15, 0.2) is 5.13 Å². The molecule has 6 heteroatoms. The van der Waals surface area contributed by atoms with Crippen molar-refractivity contribution in [3.05, 3.63) is 34.4 Å². The number of nitrogens with zero attached hydrogens (tertiary/aromatic N) is 1. The molecule has 1 heterocycles. The first-order valence-corrected chi connectivity index (χ1v) is 6.50. The lowest BCUT2D eigenvalue weighted by atomic mass is 10.1. The van der Waals surface area contributed by atoms with Gasteiger partial charge in [-0.05, 0) is 26.0 Å². The van der Waals surface area contributed by atoms with Gasteiger partial charge in [-0.3, -0.25) is 0 Å². The summed E-state index contributed by atoms with van der Waals surface area (Å²) in [6.07, 6.45) is 0. The molecule has 98 valence electrons. The van der Waals surface area contributed by atoms with Gasteiger partial charge in [-0.15, -0.1) is 28.3 Å². The lowest BCUT2D eigenvalue weighted by Gasteiger charge is -2.05. The van der Waals surface area contributed by atoms with E-state index in [9.17, 15) is 4.39 Å². The van der Waals surface area contributed by atoms with Crippen molar-refractivity contribution in [3.63, 3.8) is 0 Å². The molecule has 18 heavy (non-hydrogen) atoms. The van der Waals surface area contributed by atoms with Crippen molar-refractivity contribution < 1.29 is 4.39 Å². The van der Waals surface area contributed by atoms with E-state index in [0.29, 0.717) is 22.3 Å². The van der Waals surface area contributed by atoms with Gasteiger partial charge in [0.1, 0.15) is 5.82 Å². The number of benzene rings is 1. The van der Waals surface area contributed by atoms with E-state index in [4.69, 9.17) is 11.6 Å². The minimum atomic E-state index is -0.348. The first-order chi connectivity index (χ1) is 8.08. The van der Waals surface area contributed by atoms with Crippen LogP contribution in [0.1, 0.15) is 13.8 Å². The van der Waals surface area contributed by atoms with Crippen LogP contribution in [-0.2, 0) is 0 Å². The highest BCUT2D eigenvalue weighted by Gasteiger charge is 2.13. The number of anilines is 1. The summed E-state index contributed by atoms with van der Waals surface area (Å²) < 4.78 is 13.7. The average molecular weight is 352 g/mol. The van der Waals surface area contributed by atoms with Crippen LogP contribution in [-0.4, -0.2) is 11.0 Å². The Morgan fingerprint density at radius 3 is 2.72 bits per heavy atom. The number of nitrogens with one attached hydrogen (secondary N) is 1. The Labute approximate surface area is 125 Å². The Hall–Kier alpha value is -0.650. The third-order valence-electron chi connectivity index (χ3n) is 2.14. The van der Waals surface area contributed by atoms with Crippen molar-refractivity contribution in [1.29, 1.82) is 0 Å². The van der Waals surface area contributed by atoms with Crippen LogP contribution in [0.5, 0.6) is 0 Å². The van der Waals surface area contributed by atoms with Crippen LogP contribution < -0.4 is 5.32 Å². The molecule has 1 aromatic carbocycles. The maximum Gasteiger partial charge on any atom is 0.183 e. The van der Waals surface area contributed by atoms with E-state index >= 15 is 0 Å². The first-order valence-electron chi connectivity index (χ1n) is 5.24.